The minimum Gasteiger partial charge on any atom is -0.344 e. The van der Waals surface area contributed by atoms with Crippen LogP contribution in [-0.4, -0.2) is 35.0 Å². The summed E-state index contributed by atoms with van der Waals surface area (Å²) in [5, 5.41) is 7.02. The van der Waals surface area contributed by atoms with Crippen LogP contribution in [-0.2, 0) is 21.0 Å². The monoisotopic (exact) mass is 592 g/mol. The lowest BCUT2D eigenvalue weighted by Gasteiger charge is -2.32. The Hall–Kier alpha value is -2.73. The van der Waals surface area contributed by atoms with Crippen LogP contribution < -0.4 is 5.32 Å². The first-order valence-corrected chi connectivity index (χ1v) is 13.2. The Kier molecular flexibility index (Phi) is 7.28. The number of likely N-dealkylation sites (N-methyl/N-ethyl adjacent to an activating group) is 1. The Morgan fingerprint density at radius 1 is 1.08 bits per heavy atom. The van der Waals surface area contributed by atoms with Gasteiger partial charge in [0, 0.05) is 23.3 Å². The van der Waals surface area contributed by atoms with Gasteiger partial charge in [-0.15, -0.1) is 0 Å². The van der Waals surface area contributed by atoms with Gasteiger partial charge in [-0.25, -0.2) is 17.4 Å². The lowest BCUT2D eigenvalue weighted by Crippen LogP contribution is -2.41. The van der Waals surface area contributed by atoms with Gasteiger partial charge in [-0.2, -0.15) is 18.3 Å². The summed E-state index contributed by atoms with van der Waals surface area (Å²) in [5.41, 5.74) is -0.909. The average molecular weight is 594 g/mol. The average Bonchev–Trinajstić information content (AvgIpc) is 3.24. The van der Waals surface area contributed by atoms with Crippen molar-refractivity contribution in [2.75, 3.05) is 11.9 Å². The molecule has 0 radical (unpaired) electrons. The molecule has 1 aliphatic heterocycles. The van der Waals surface area contributed by atoms with Crippen LogP contribution in [0.5, 0.6) is 0 Å². The van der Waals surface area contributed by atoms with Gasteiger partial charge in [0.1, 0.15) is 11.9 Å². The Labute approximate surface area is 225 Å². The number of hydrogen-bond donors (Lipinski definition) is 1. The van der Waals surface area contributed by atoms with Gasteiger partial charge in [0.25, 0.3) is 15.9 Å². The van der Waals surface area contributed by atoms with Crippen molar-refractivity contribution in [2.24, 2.45) is 0 Å². The number of halogens is 6. The molecule has 2 aromatic carbocycles. The molecule has 0 spiro atoms. The first kappa shape index (κ1) is 27.3. The molecule has 1 unspecified atom stereocenters. The van der Waals surface area contributed by atoms with E-state index in [0.717, 1.165) is 10.7 Å². The lowest BCUT2D eigenvalue weighted by molar-refractivity contribution is -0.141. The van der Waals surface area contributed by atoms with Crippen molar-refractivity contribution >= 4 is 56.6 Å². The van der Waals surface area contributed by atoms with E-state index in [1.165, 1.54) is 56.3 Å². The van der Waals surface area contributed by atoms with Crippen molar-refractivity contribution in [1.82, 2.24) is 14.1 Å². The highest BCUT2D eigenvalue weighted by molar-refractivity contribution is 7.89. The highest BCUT2D eigenvalue weighted by Gasteiger charge is 2.42. The van der Waals surface area contributed by atoms with Gasteiger partial charge in [0.05, 0.1) is 20.5 Å². The molecule has 1 amide bonds. The van der Waals surface area contributed by atoms with Crippen molar-refractivity contribution in [1.29, 1.82) is 0 Å². The van der Waals surface area contributed by atoms with E-state index in [4.69, 9.17) is 34.8 Å². The van der Waals surface area contributed by atoms with Crippen LogP contribution in [0.4, 0.5) is 19.0 Å². The molecule has 3 aromatic rings. The highest BCUT2D eigenvalue weighted by Crippen LogP contribution is 2.41. The van der Waals surface area contributed by atoms with Gasteiger partial charge in [-0.1, -0.05) is 40.9 Å². The number of alkyl halides is 3. The summed E-state index contributed by atoms with van der Waals surface area (Å²) in [4.78, 5) is 13.7. The number of aromatic nitrogens is 2. The Bertz CT molecular complexity index is 1520. The first-order chi connectivity index (χ1) is 17.3. The Morgan fingerprint density at radius 3 is 2.30 bits per heavy atom. The van der Waals surface area contributed by atoms with Crippen LogP contribution in [0.15, 0.2) is 64.7 Å². The molecule has 196 valence electrons. The molecule has 1 atom stereocenters. The number of allylic oxidation sites excluding steroid dienone is 1. The number of carbonyl (C=O) groups is 1. The zero-order chi connectivity index (χ0) is 27.3. The fraction of sp³-hybridized carbons (Fsp3) is 0.217. The van der Waals surface area contributed by atoms with Gasteiger partial charge in [-0.05, 0) is 55.8 Å². The Morgan fingerprint density at radius 2 is 1.73 bits per heavy atom. The maximum Gasteiger partial charge on any atom is 0.435 e. The number of sulfonamides is 1. The molecule has 0 saturated heterocycles. The lowest BCUT2D eigenvalue weighted by atomic mass is 9.95. The third-order valence-electron chi connectivity index (χ3n) is 5.67. The van der Waals surface area contributed by atoms with Crippen molar-refractivity contribution in [3.63, 3.8) is 0 Å². The van der Waals surface area contributed by atoms with Crippen molar-refractivity contribution in [3.05, 3.63) is 86.1 Å². The second-order valence-electron chi connectivity index (χ2n) is 8.03. The van der Waals surface area contributed by atoms with E-state index >= 15 is 0 Å². The number of benzene rings is 2. The summed E-state index contributed by atoms with van der Waals surface area (Å²) in [7, 11) is -4.35. The number of hydrogen-bond acceptors (Lipinski definition) is 5. The molecule has 0 bridgehead atoms. The molecule has 37 heavy (non-hydrogen) atoms. The first-order valence-electron chi connectivity index (χ1n) is 10.7. The number of anilines is 1. The largest absolute Gasteiger partial charge is 0.435 e. The molecule has 0 aliphatic carbocycles. The predicted octanol–water partition coefficient (Wildman–Crippen LogP) is 6.39. The fourth-order valence-electron chi connectivity index (χ4n) is 3.97. The van der Waals surface area contributed by atoms with Gasteiger partial charge in [0.15, 0.2) is 5.69 Å². The second-order valence-corrected chi connectivity index (χ2v) is 11.1. The molecule has 1 N–H and O–H groups in total. The van der Waals surface area contributed by atoms with Crippen LogP contribution in [0.1, 0.15) is 31.1 Å². The van der Waals surface area contributed by atoms with E-state index in [-0.39, 0.29) is 44.1 Å². The third kappa shape index (κ3) is 5.05. The van der Waals surface area contributed by atoms with Crippen LogP contribution in [0.3, 0.4) is 0 Å². The zero-order valence-electron chi connectivity index (χ0n) is 19.1. The summed E-state index contributed by atoms with van der Waals surface area (Å²) in [6.07, 6.45) is -4.76. The number of nitrogens with one attached hydrogen (secondary N) is 1. The molecule has 2 heterocycles. The Balaban J connectivity index is 1.89. The molecule has 1 aromatic heterocycles. The smallest absolute Gasteiger partial charge is 0.344 e. The molecule has 0 saturated carbocycles. The van der Waals surface area contributed by atoms with E-state index in [0.29, 0.717) is 9.33 Å². The quantitative estimate of drug-likeness (QED) is 0.371. The van der Waals surface area contributed by atoms with E-state index in [2.05, 4.69) is 10.4 Å². The molecule has 1 aliphatic rings. The highest BCUT2D eigenvalue weighted by atomic mass is 35.5. The van der Waals surface area contributed by atoms with Crippen LogP contribution in [0, 0.1) is 0 Å². The molecule has 7 nitrogen and oxygen atoms in total. The second kappa shape index (κ2) is 9.86. The topological polar surface area (TPSA) is 84.3 Å². The molecule has 4 rings (SSSR count). The van der Waals surface area contributed by atoms with Crippen LogP contribution >= 0.6 is 34.8 Å². The summed E-state index contributed by atoms with van der Waals surface area (Å²) in [6.45, 7) is 2.67. The van der Waals surface area contributed by atoms with Crippen LogP contribution in [0.2, 0.25) is 15.1 Å². The summed E-state index contributed by atoms with van der Waals surface area (Å²) >= 11 is 18.1. The molecular weight excluding hydrogens is 576 g/mol. The van der Waals surface area contributed by atoms with Crippen molar-refractivity contribution in [3.8, 4) is 0 Å². The maximum absolute atomic E-state index is 13.9. The summed E-state index contributed by atoms with van der Waals surface area (Å²) in [6, 6.07) is 9.10. The standard InChI is InChI=1S/C23H18Cl3F3N4O3S/c1-3-32(37(35,36)15-7-5-14(24)6-8-15)22(34)20-12(2)30-19-11-18(23(27,28)29)31-33(19)21(20)13-4-9-16(25)17(26)10-13/h4-11,21,30H,3H2,1-2H3. The fourth-order valence-corrected chi connectivity index (χ4v) is 5.79. The minimum atomic E-state index is -4.76. The molecule has 14 heteroatoms. The zero-order valence-corrected chi connectivity index (χ0v) is 22.2. The number of amides is 1. The molecular formula is C23H18Cl3F3N4O3S. The van der Waals surface area contributed by atoms with Gasteiger partial charge in [0.2, 0.25) is 0 Å². The van der Waals surface area contributed by atoms with E-state index in [9.17, 15) is 26.4 Å². The van der Waals surface area contributed by atoms with Gasteiger partial charge < -0.3 is 5.32 Å². The summed E-state index contributed by atoms with van der Waals surface area (Å²) < 4.78 is 68.9. The van der Waals surface area contributed by atoms with Crippen molar-refractivity contribution < 1.29 is 26.4 Å². The van der Waals surface area contributed by atoms with E-state index < -0.39 is 33.8 Å². The van der Waals surface area contributed by atoms with Gasteiger partial charge >= 0.3 is 6.18 Å². The van der Waals surface area contributed by atoms with Crippen LogP contribution in [0.25, 0.3) is 0 Å². The maximum atomic E-state index is 13.9. The molecule has 0 fully saturated rings. The summed E-state index contributed by atoms with van der Waals surface area (Å²) in [5.74, 6) is -0.991. The van der Waals surface area contributed by atoms with Gasteiger partial charge in [-0.3, -0.25) is 4.79 Å². The SMILES string of the molecule is CCN(C(=O)C1=C(C)Nc2cc(C(F)(F)F)nn2C1c1ccc(Cl)c(Cl)c1)S(=O)(=O)c1ccc(Cl)cc1. The third-order valence-corrected chi connectivity index (χ3v) is 8.53. The predicted molar refractivity (Wildman–Crippen MR) is 134 cm³/mol. The van der Waals surface area contributed by atoms with E-state index in [1.54, 1.807) is 0 Å². The number of nitrogens with zero attached hydrogens (tertiary/aromatic N) is 3. The number of carbonyl (C=O) groups excluding carboxylic acids is 1. The number of rotatable bonds is 5. The van der Waals surface area contributed by atoms with Crippen molar-refractivity contribution in [2.45, 2.75) is 31.0 Å². The van der Waals surface area contributed by atoms with E-state index in [1.807, 2.05) is 0 Å². The number of fused-ring (bicyclic) bond motifs is 1. The minimum absolute atomic E-state index is 0.0407. The normalized spacial score (nSPS) is 15.8.